The van der Waals surface area contributed by atoms with E-state index in [4.69, 9.17) is 16.3 Å². The lowest BCUT2D eigenvalue weighted by molar-refractivity contribution is -0.169. The van der Waals surface area contributed by atoms with Gasteiger partial charge in [-0.05, 0) is 42.8 Å². The molecule has 2 N–H and O–H groups in total. The van der Waals surface area contributed by atoms with E-state index in [0.29, 0.717) is 15.9 Å². The number of hydrazine groups is 1. The number of allylic oxidation sites excluding steroid dienone is 2. The average molecular weight is 366 g/mol. The molecule has 4 nitrogen and oxygen atoms in total. The topological polar surface area (TPSA) is 36.5 Å². The minimum atomic E-state index is -4.42. The summed E-state index contributed by atoms with van der Waals surface area (Å²) in [6.45, 7) is 0. The summed E-state index contributed by atoms with van der Waals surface area (Å²) >= 11 is 6.68. The third kappa shape index (κ3) is 4.73. The average Bonchev–Trinajstić information content (AvgIpc) is 2.49. The van der Waals surface area contributed by atoms with E-state index in [0.717, 1.165) is 16.3 Å². The Morgan fingerprint density at radius 2 is 1.83 bits per heavy atom. The van der Waals surface area contributed by atoms with Gasteiger partial charge in [0.05, 0.1) is 7.11 Å². The molecule has 1 heterocycles. The molecule has 1 unspecified atom stereocenters. The number of halogens is 4. The Morgan fingerprint density at radius 3 is 2.30 bits per heavy atom. The second-order valence-corrected chi connectivity index (χ2v) is 6.28. The van der Waals surface area contributed by atoms with Crippen LogP contribution in [0, 0.1) is 0 Å². The lowest BCUT2D eigenvalue weighted by Gasteiger charge is -2.30. The minimum absolute atomic E-state index is 0.120. The largest absolute Gasteiger partial charge is 0.481 e. The summed E-state index contributed by atoms with van der Waals surface area (Å²) in [6, 6.07) is 3.88. The van der Waals surface area contributed by atoms with Gasteiger partial charge in [-0.2, -0.15) is 13.2 Å². The smallest absolute Gasteiger partial charge is 0.408 e. The normalized spacial score (nSPS) is 16.1. The Labute approximate surface area is 141 Å². The highest BCUT2D eigenvalue weighted by Crippen LogP contribution is 2.41. The zero-order valence-corrected chi connectivity index (χ0v) is 13.9. The van der Waals surface area contributed by atoms with Crippen LogP contribution < -0.4 is 10.9 Å². The van der Waals surface area contributed by atoms with Crippen LogP contribution in [0.3, 0.4) is 0 Å². The second-order valence-electron chi connectivity index (χ2n) is 4.65. The highest BCUT2D eigenvalue weighted by molar-refractivity contribution is 8.00. The predicted octanol–water partition coefficient (Wildman–Crippen LogP) is 3.96. The quantitative estimate of drug-likeness (QED) is 0.772. The van der Waals surface area contributed by atoms with Crippen LogP contribution in [0.25, 0.3) is 0 Å². The number of nitrogens with zero attached hydrogens (tertiary/aromatic N) is 1. The molecule has 9 heteroatoms. The third-order valence-electron chi connectivity index (χ3n) is 3.02. The molecule has 0 radical (unpaired) electrons. The number of methoxy groups -OCH3 is 1. The van der Waals surface area contributed by atoms with Crippen LogP contribution in [0.2, 0.25) is 5.02 Å². The van der Waals surface area contributed by atoms with E-state index in [9.17, 15) is 13.2 Å². The molecule has 0 bridgehead atoms. The highest BCUT2D eigenvalue weighted by atomic mass is 35.5. The molecule has 126 valence electrons. The Hall–Kier alpha value is -1.51. The van der Waals surface area contributed by atoms with Crippen molar-refractivity contribution in [3.8, 4) is 0 Å². The number of hydrogen-bond donors (Lipinski definition) is 2. The van der Waals surface area contributed by atoms with Crippen LogP contribution in [0.4, 0.5) is 13.2 Å². The second kappa shape index (κ2) is 7.37. The number of hydrogen-bond acceptors (Lipinski definition) is 5. The van der Waals surface area contributed by atoms with Crippen LogP contribution in [-0.4, -0.2) is 24.6 Å². The van der Waals surface area contributed by atoms with Crippen molar-refractivity contribution in [2.75, 3.05) is 14.2 Å². The lowest BCUT2D eigenvalue weighted by atomic mass is 10.1. The molecule has 1 aliphatic rings. The lowest BCUT2D eigenvalue weighted by Crippen LogP contribution is -2.36. The van der Waals surface area contributed by atoms with Gasteiger partial charge in [-0.1, -0.05) is 23.7 Å². The summed E-state index contributed by atoms with van der Waals surface area (Å²) < 4.78 is 46.4. The predicted molar refractivity (Wildman–Crippen MR) is 85.0 cm³/mol. The van der Waals surface area contributed by atoms with E-state index in [2.05, 4.69) is 10.9 Å². The van der Waals surface area contributed by atoms with Crippen molar-refractivity contribution >= 4 is 23.5 Å². The Balaban J connectivity index is 2.18. The summed E-state index contributed by atoms with van der Waals surface area (Å²) in [6.07, 6.45) is -1.17. The van der Waals surface area contributed by atoms with Crippen molar-refractivity contribution in [1.29, 1.82) is 0 Å². The molecule has 0 spiro atoms. The van der Waals surface area contributed by atoms with Crippen molar-refractivity contribution in [3.63, 3.8) is 0 Å². The van der Waals surface area contributed by atoms with E-state index < -0.39 is 12.2 Å². The molecule has 23 heavy (non-hydrogen) atoms. The van der Waals surface area contributed by atoms with Gasteiger partial charge in [-0.15, -0.1) is 0 Å². The first kappa shape index (κ1) is 17.8. The fraction of sp³-hybridized carbons (Fsp3) is 0.286. The highest BCUT2D eigenvalue weighted by Gasteiger charge is 2.44. The fourth-order valence-electron chi connectivity index (χ4n) is 1.99. The first-order chi connectivity index (χ1) is 10.8. The molecular formula is C14H15ClF3N3OS. The van der Waals surface area contributed by atoms with Crippen molar-refractivity contribution in [2.24, 2.45) is 0 Å². The van der Waals surface area contributed by atoms with E-state index in [-0.39, 0.29) is 5.56 Å². The molecule has 0 saturated carbocycles. The van der Waals surface area contributed by atoms with Crippen molar-refractivity contribution in [2.45, 2.75) is 12.2 Å². The molecule has 0 amide bonds. The molecule has 0 aromatic heterocycles. The zero-order chi connectivity index (χ0) is 17.0. The van der Waals surface area contributed by atoms with Gasteiger partial charge in [0.25, 0.3) is 0 Å². The number of ether oxygens (including phenoxy) is 1. The summed E-state index contributed by atoms with van der Waals surface area (Å²) in [5.74, 6) is 0.474. The third-order valence-corrected chi connectivity index (χ3v) is 4.20. The Kier molecular flexibility index (Phi) is 5.72. The molecule has 1 atom stereocenters. The van der Waals surface area contributed by atoms with Crippen molar-refractivity contribution in [3.05, 3.63) is 57.9 Å². The Bertz CT molecular complexity index is 604. The minimum Gasteiger partial charge on any atom is -0.481 e. The molecule has 0 saturated heterocycles. The van der Waals surface area contributed by atoms with E-state index in [1.54, 1.807) is 12.2 Å². The molecular weight excluding hydrogens is 351 g/mol. The molecule has 1 aromatic carbocycles. The number of alkyl halides is 3. The van der Waals surface area contributed by atoms with Crippen LogP contribution in [-0.2, 0) is 4.74 Å². The number of benzene rings is 1. The molecule has 1 aromatic rings. The SMILES string of the molecule is COC1=CC=C(SN(C)C(c2ccc(Cl)cc2)C(F)(F)F)NN1. The van der Waals surface area contributed by atoms with Gasteiger partial charge in [0.2, 0.25) is 5.88 Å². The van der Waals surface area contributed by atoms with Gasteiger partial charge in [-0.25, -0.2) is 4.31 Å². The van der Waals surface area contributed by atoms with Gasteiger partial charge < -0.3 is 4.74 Å². The molecule has 0 aliphatic carbocycles. The Morgan fingerprint density at radius 1 is 1.17 bits per heavy atom. The first-order valence-electron chi connectivity index (χ1n) is 6.52. The summed E-state index contributed by atoms with van der Waals surface area (Å²) in [5.41, 5.74) is 5.61. The summed E-state index contributed by atoms with van der Waals surface area (Å²) in [4.78, 5) is 0. The van der Waals surface area contributed by atoms with Gasteiger partial charge in [-0.3, -0.25) is 10.9 Å². The van der Waals surface area contributed by atoms with Crippen LogP contribution in [0.1, 0.15) is 11.6 Å². The standard InChI is InChI=1S/C14H15ClF3N3OS/c1-21(23-12-8-7-11(22-2)19-20-12)13(14(16,17)18)9-3-5-10(15)6-4-9/h3-8,13,19-20H,1-2H3. The first-order valence-corrected chi connectivity index (χ1v) is 7.67. The number of nitrogens with one attached hydrogen (secondary N) is 2. The van der Waals surface area contributed by atoms with Crippen molar-refractivity contribution in [1.82, 2.24) is 15.2 Å². The van der Waals surface area contributed by atoms with E-state index in [1.807, 2.05) is 0 Å². The van der Waals surface area contributed by atoms with Crippen LogP contribution in [0.5, 0.6) is 0 Å². The summed E-state index contributed by atoms with van der Waals surface area (Å²) in [5, 5.41) is 0.902. The zero-order valence-electron chi connectivity index (χ0n) is 12.3. The van der Waals surface area contributed by atoms with Gasteiger partial charge in [0.1, 0.15) is 11.1 Å². The monoisotopic (exact) mass is 365 g/mol. The van der Waals surface area contributed by atoms with Gasteiger partial charge in [0.15, 0.2) is 0 Å². The fourth-order valence-corrected chi connectivity index (χ4v) is 3.00. The maximum absolute atomic E-state index is 13.5. The molecule has 0 fully saturated rings. The van der Waals surface area contributed by atoms with E-state index >= 15 is 0 Å². The number of rotatable bonds is 5. The van der Waals surface area contributed by atoms with Crippen LogP contribution >= 0.6 is 23.5 Å². The summed E-state index contributed by atoms with van der Waals surface area (Å²) in [7, 11) is 2.87. The molecule has 1 aliphatic heterocycles. The van der Waals surface area contributed by atoms with Crippen molar-refractivity contribution < 1.29 is 17.9 Å². The molecule has 2 rings (SSSR count). The maximum atomic E-state index is 13.5. The van der Waals surface area contributed by atoms with Crippen LogP contribution in [0.15, 0.2) is 47.3 Å². The van der Waals surface area contributed by atoms with E-state index in [1.165, 1.54) is 38.4 Å². The van der Waals surface area contributed by atoms with Gasteiger partial charge >= 0.3 is 6.18 Å². The maximum Gasteiger partial charge on any atom is 0.408 e. The van der Waals surface area contributed by atoms with Gasteiger partial charge in [0, 0.05) is 11.1 Å².